The highest BCUT2D eigenvalue weighted by Gasteiger charge is 2.14. The Hall–Kier alpha value is -2.14. The smallest absolute Gasteiger partial charge is 0.353 e. The number of hydrogen-bond donors (Lipinski definition) is 3. The summed E-state index contributed by atoms with van der Waals surface area (Å²) in [4.78, 5) is 17.3. The molecule has 0 aliphatic heterocycles. The Morgan fingerprint density at radius 3 is 2.62 bits per heavy atom. The van der Waals surface area contributed by atoms with Crippen LogP contribution in [0.2, 0.25) is 0 Å². The molecule has 0 spiro atoms. The number of hydrogen-bond acceptors (Lipinski definition) is 3. The quantitative estimate of drug-likeness (QED) is 0.719. The summed E-state index contributed by atoms with van der Waals surface area (Å²) in [5.74, 6) is -0.595. The van der Waals surface area contributed by atoms with Crippen LogP contribution in [0.4, 0.5) is 0 Å². The van der Waals surface area contributed by atoms with Crippen molar-refractivity contribution in [1.82, 2.24) is 9.97 Å². The molecule has 1 aromatic carbocycles. The zero-order valence-electron chi connectivity index (χ0n) is 8.42. The van der Waals surface area contributed by atoms with E-state index in [1.165, 1.54) is 6.20 Å². The highest BCUT2D eigenvalue weighted by Crippen LogP contribution is 2.16. The number of rotatable bonds is 3. The van der Waals surface area contributed by atoms with E-state index in [1.807, 2.05) is 30.3 Å². The van der Waals surface area contributed by atoms with Gasteiger partial charge in [0.15, 0.2) is 0 Å². The van der Waals surface area contributed by atoms with E-state index in [-0.39, 0.29) is 5.69 Å². The summed E-state index contributed by atoms with van der Waals surface area (Å²) in [5.41, 5.74) is 6.87. The van der Waals surface area contributed by atoms with Gasteiger partial charge in [0.25, 0.3) is 0 Å². The number of aromatic carboxylic acids is 1. The van der Waals surface area contributed by atoms with Gasteiger partial charge in [0.2, 0.25) is 0 Å². The van der Waals surface area contributed by atoms with Gasteiger partial charge in [0.05, 0.1) is 12.2 Å². The predicted octanol–water partition coefficient (Wildman–Crippen LogP) is 1.16. The van der Waals surface area contributed by atoms with Crippen LogP contribution in [-0.2, 0) is 0 Å². The molecule has 0 unspecified atom stereocenters. The number of nitrogens with two attached hydrogens (primary N) is 1. The van der Waals surface area contributed by atoms with Crippen LogP contribution in [0.3, 0.4) is 0 Å². The van der Waals surface area contributed by atoms with Crippen LogP contribution in [0.5, 0.6) is 0 Å². The number of H-pyrrole nitrogens is 1. The molecule has 1 aromatic heterocycles. The lowest BCUT2D eigenvalue weighted by Crippen LogP contribution is -2.13. The SMILES string of the molecule is N[C@@H](c1ccccc1)c1ncc(C(=O)O)[nH]1. The molecule has 82 valence electrons. The van der Waals surface area contributed by atoms with Crippen molar-refractivity contribution in [2.75, 3.05) is 0 Å². The van der Waals surface area contributed by atoms with Crippen LogP contribution in [0.1, 0.15) is 27.9 Å². The first kappa shape index (κ1) is 10.4. The second-order valence-corrected chi connectivity index (χ2v) is 3.38. The topological polar surface area (TPSA) is 92.0 Å². The van der Waals surface area contributed by atoms with Crippen LogP contribution in [0, 0.1) is 0 Å². The Balaban J connectivity index is 2.27. The highest BCUT2D eigenvalue weighted by molar-refractivity contribution is 5.85. The van der Waals surface area contributed by atoms with Crippen LogP contribution in [-0.4, -0.2) is 21.0 Å². The molecule has 1 heterocycles. The summed E-state index contributed by atoms with van der Waals surface area (Å²) in [6, 6.07) is 8.93. The van der Waals surface area contributed by atoms with Crippen LogP contribution in [0.15, 0.2) is 36.5 Å². The normalized spacial score (nSPS) is 12.3. The van der Waals surface area contributed by atoms with E-state index < -0.39 is 12.0 Å². The monoisotopic (exact) mass is 217 g/mol. The molecular weight excluding hydrogens is 206 g/mol. The Morgan fingerprint density at radius 1 is 1.38 bits per heavy atom. The van der Waals surface area contributed by atoms with Gasteiger partial charge in [-0.15, -0.1) is 0 Å². The van der Waals surface area contributed by atoms with Gasteiger partial charge in [0.1, 0.15) is 11.5 Å². The molecule has 0 saturated carbocycles. The van der Waals surface area contributed by atoms with Gasteiger partial charge in [-0.05, 0) is 5.56 Å². The van der Waals surface area contributed by atoms with E-state index in [0.29, 0.717) is 5.82 Å². The molecule has 16 heavy (non-hydrogen) atoms. The fourth-order valence-electron chi connectivity index (χ4n) is 1.42. The minimum Gasteiger partial charge on any atom is -0.477 e. The number of aromatic amines is 1. The summed E-state index contributed by atoms with van der Waals surface area (Å²) < 4.78 is 0. The number of benzene rings is 1. The fourth-order valence-corrected chi connectivity index (χ4v) is 1.42. The predicted molar refractivity (Wildman–Crippen MR) is 58.0 cm³/mol. The minimum absolute atomic E-state index is 0.0429. The van der Waals surface area contributed by atoms with Crippen LogP contribution in [0.25, 0.3) is 0 Å². The van der Waals surface area contributed by atoms with Gasteiger partial charge >= 0.3 is 5.97 Å². The third-order valence-electron chi connectivity index (χ3n) is 2.28. The maximum Gasteiger partial charge on any atom is 0.353 e. The molecule has 1 atom stereocenters. The highest BCUT2D eigenvalue weighted by atomic mass is 16.4. The van der Waals surface area contributed by atoms with E-state index in [0.717, 1.165) is 5.56 Å². The third kappa shape index (κ3) is 1.94. The van der Waals surface area contributed by atoms with Crippen molar-refractivity contribution in [3.63, 3.8) is 0 Å². The van der Waals surface area contributed by atoms with E-state index in [1.54, 1.807) is 0 Å². The Kier molecular flexibility index (Phi) is 2.70. The van der Waals surface area contributed by atoms with E-state index in [4.69, 9.17) is 10.8 Å². The maximum absolute atomic E-state index is 10.7. The van der Waals surface area contributed by atoms with E-state index in [2.05, 4.69) is 9.97 Å². The maximum atomic E-state index is 10.7. The molecule has 5 nitrogen and oxygen atoms in total. The first-order chi connectivity index (χ1) is 7.68. The third-order valence-corrected chi connectivity index (χ3v) is 2.28. The fraction of sp³-hybridized carbons (Fsp3) is 0.0909. The summed E-state index contributed by atoms with van der Waals surface area (Å²) in [7, 11) is 0. The molecule has 2 aromatic rings. The molecule has 0 bridgehead atoms. The van der Waals surface area contributed by atoms with Gasteiger partial charge in [-0.1, -0.05) is 30.3 Å². The van der Waals surface area contributed by atoms with E-state index >= 15 is 0 Å². The lowest BCUT2D eigenvalue weighted by Gasteiger charge is -2.08. The van der Waals surface area contributed by atoms with Crippen molar-refractivity contribution < 1.29 is 9.90 Å². The van der Waals surface area contributed by atoms with Crippen molar-refractivity contribution in [1.29, 1.82) is 0 Å². The number of nitrogens with one attached hydrogen (secondary N) is 1. The molecule has 0 aliphatic rings. The standard InChI is InChI=1S/C11H11N3O2/c12-9(7-4-2-1-3-5-7)10-13-6-8(14-10)11(15)16/h1-6,9H,12H2,(H,13,14)(H,15,16)/t9-/m0/s1. The number of nitrogens with zero attached hydrogens (tertiary/aromatic N) is 1. The van der Waals surface area contributed by atoms with Crippen molar-refractivity contribution in [2.45, 2.75) is 6.04 Å². The molecule has 2 rings (SSSR count). The number of carboxylic acids is 1. The van der Waals surface area contributed by atoms with Crippen molar-refractivity contribution in [2.24, 2.45) is 5.73 Å². The second kappa shape index (κ2) is 4.16. The van der Waals surface area contributed by atoms with Gasteiger partial charge < -0.3 is 15.8 Å². The number of aromatic nitrogens is 2. The zero-order valence-corrected chi connectivity index (χ0v) is 8.42. The number of carboxylic acid groups (broad SMARTS) is 1. The van der Waals surface area contributed by atoms with Crippen LogP contribution >= 0.6 is 0 Å². The molecule has 4 N–H and O–H groups in total. The number of imidazole rings is 1. The largest absolute Gasteiger partial charge is 0.477 e. The minimum atomic E-state index is -1.04. The first-order valence-electron chi connectivity index (χ1n) is 4.77. The van der Waals surface area contributed by atoms with Crippen molar-refractivity contribution >= 4 is 5.97 Å². The average Bonchev–Trinajstić information content (AvgIpc) is 2.78. The van der Waals surface area contributed by atoms with Gasteiger partial charge in [-0.2, -0.15) is 0 Å². The summed E-state index contributed by atoms with van der Waals surface area (Å²) in [5, 5.41) is 8.74. The Morgan fingerprint density at radius 2 is 2.06 bits per heavy atom. The summed E-state index contributed by atoms with van der Waals surface area (Å²) >= 11 is 0. The summed E-state index contributed by atoms with van der Waals surface area (Å²) in [6.07, 6.45) is 1.26. The number of carbonyl (C=O) groups is 1. The van der Waals surface area contributed by atoms with Crippen LogP contribution < -0.4 is 5.73 Å². The van der Waals surface area contributed by atoms with Gasteiger partial charge in [0, 0.05) is 0 Å². The lowest BCUT2D eigenvalue weighted by molar-refractivity contribution is 0.0691. The molecule has 0 amide bonds. The van der Waals surface area contributed by atoms with E-state index in [9.17, 15) is 4.79 Å². The lowest BCUT2D eigenvalue weighted by atomic mass is 10.1. The average molecular weight is 217 g/mol. The Bertz CT molecular complexity index is 493. The van der Waals surface area contributed by atoms with Crippen molar-refractivity contribution in [3.8, 4) is 0 Å². The molecular formula is C11H11N3O2. The second-order valence-electron chi connectivity index (χ2n) is 3.38. The molecule has 0 saturated heterocycles. The molecule has 0 aliphatic carbocycles. The molecule has 0 radical (unpaired) electrons. The zero-order chi connectivity index (χ0) is 11.5. The van der Waals surface area contributed by atoms with Gasteiger partial charge in [-0.25, -0.2) is 9.78 Å². The van der Waals surface area contributed by atoms with Gasteiger partial charge in [-0.3, -0.25) is 0 Å². The molecule has 0 fully saturated rings. The molecule has 5 heteroatoms. The first-order valence-corrected chi connectivity index (χ1v) is 4.77. The summed E-state index contributed by atoms with van der Waals surface area (Å²) in [6.45, 7) is 0. The van der Waals surface area contributed by atoms with Crippen molar-refractivity contribution in [3.05, 3.63) is 53.6 Å². The Labute approximate surface area is 91.9 Å².